The van der Waals surface area contributed by atoms with E-state index in [1.807, 2.05) is 0 Å². The fraction of sp³-hybridized carbons (Fsp3) is 0.0952. The van der Waals surface area contributed by atoms with Crippen molar-refractivity contribution >= 4 is 11.5 Å². The number of non-ortho nitro benzene ring substituents is 1. The first-order valence-electron chi connectivity index (χ1n) is 8.71. The maximum atomic E-state index is 13.2. The molecule has 0 saturated heterocycles. The number of Topliss-reactive ketones (excluding diaryl/α,β-unsaturated/α-hetero) is 1. The van der Waals surface area contributed by atoms with Gasteiger partial charge in [-0.3, -0.25) is 25.0 Å². The Morgan fingerprint density at radius 1 is 0.828 bits per heavy atom. The second-order valence-electron chi connectivity index (χ2n) is 6.56. The number of fused-ring (bicyclic) bond motifs is 1. The van der Waals surface area contributed by atoms with Gasteiger partial charge in [0.15, 0.2) is 0 Å². The van der Waals surface area contributed by atoms with Crippen LogP contribution >= 0.6 is 0 Å². The Kier molecular flexibility index (Phi) is 4.31. The van der Waals surface area contributed by atoms with E-state index in [1.54, 1.807) is 48.5 Å². The molecule has 0 aromatic heterocycles. The Labute approximate surface area is 164 Å². The zero-order chi connectivity index (χ0) is 20.6. The zero-order valence-corrected chi connectivity index (χ0v) is 14.9. The van der Waals surface area contributed by atoms with Gasteiger partial charge in [0.25, 0.3) is 5.69 Å². The number of hydrogen-bond donors (Lipinski definition) is 0. The summed E-state index contributed by atoms with van der Waals surface area (Å²) in [4.78, 5) is 35.3. The third-order valence-corrected chi connectivity index (χ3v) is 4.96. The maximum absolute atomic E-state index is 13.2. The smallest absolute Gasteiger partial charge is 0.322 e. The molecule has 0 spiro atoms. The molecular weight excluding hydrogens is 376 g/mol. The summed E-state index contributed by atoms with van der Waals surface area (Å²) in [5, 5.41) is 23.4. The molecule has 3 aromatic rings. The molecule has 0 aliphatic carbocycles. The Balaban J connectivity index is 2.08. The molecule has 1 heterocycles. The largest absolute Gasteiger partial charge is 0.469 e. The summed E-state index contributed by atoms with van der Waals surface area (Å²) in [5.74, 6) is -0.529. The van der Waals surface area contributed by atoms with Crippen LogP contribution in [-0.2, 0) is 5.60 Å². The van der Waals surface area contributed by atoms with Gasteiger partial charge >= 0.3 is 6.04 Å². The summed E-state index contributed by atoms with van der Waals surface area (Å²) in [6.07, 6.45) is 0. The molecule has 2 unspecified atom stereocenters. The van der Waals surface area contributed by atoms with Crippen molar-refractivity contribution in [3.63, 3.8) is 0 Å². The van der Waals surface area contributed by atoms with E-state index >= 15 is 0 Å². The third kappa shape index (κ3) is 2.82. The van der Waals surface area contributed by atoms with Crippen LogP contribution in [0.4, 0.5) is 5.69 Å². The maximum Gasteiger partial charge on any atom is 0.322 e. The average Bonchev–Trinajstić information content (AvgIpc) is 2.74. The lowest BCUT2D eigenvalue weighted by Crippen LogP contribution is -2.56. The van der Waals surface area contributed by atoms with Crippen molar-refractivity contribution in [1.82, 2.24) is 0 Å². The topological polar surface area (TPSA) is 113 Å². The van der Waals surface area contributed by atoms with Crippen molar-refractivity contribution in [2.75, 3.05) is 0 Å². The van der Waals surface area contributed by atoms with Gasteiger partial charge in [0.05, 0.1) is 10.5 Å². The summed E-state index contributed by atoms with van der Waals surface area (Å²) in [7, 11) is 0. The van der Waals surface area contributed by atoms with Gasteiger partial charge < -0.3 is 4.74 Å². The van der Waals surface area contributed by atoms with Crippen LogP contribution in [0.15, 0.2) is 78.9 Å². The van der Waals surface area contributed by atoms with Crippen molar-refractivity contribution in [2.45, 2.75) is 11.6 Å². The van der Waals surface area contributed by atoms with E-state index in [2.05, 4.69) is 0 Å². The molecule has 0 fully saturated rings. The molecular formula is C21H14N2O6. The molecule has 0 amide bonds. The van der Waals surface area contributed by atoms with Gasteiger partial charge in [-0.25, -0.2) is 0 Å². The molecule has 0 radical (unpaired) electrons. The van der Waals surface area contributed by atoms with E-state index in [0.29, 0.717) is 5.56 Å². The number of nitro groups is 2. The number of nitro benzene ring substituents is 1. The highest BCUT2D eigenvalue weighted by molar-refractivity contribution is 6.04. The number of para-hydroxylation sites is 1. The Bertz CT molecular complexity index is 1130. The minimum atomic E-state index is -1.86. The van der Waals surface area contributed by atoms with Gasteiger partial charge in [0, 0.05) is 28.2 Å². The summed E-state index contributed by atoms with van der Waals surface area (Å²) in [6.45, 7) is 0. The van der Waals surface area contributed by atoms with Crippen molar-refractivity contribution in [2.24, 2.45) is 0 Å². The Morgan fingerprint density at radius 2 is 1.48 bits per heavy atom. The standard InChI is InChI=1S/C21H14N2O6/c24-19-17-11-4-5-12-18(17)29-21(20(19)23(27)28,14-7-2-1-3-8-14)15-9-6-10-16(13-15)22(25)26/h1-13,20H. The lowest BCUT2D eigenvalue weighted by molar-refractivity contribution is -0.525. The number of rotatable bonds is 4. The number of carbonyl (C=O) groups is 1. The molecule has 2 atom stereocenters. The van der Waals surface area contributed by atoms with E-state index in [-0.39, 0.29) is 22.6 Å². The summed E-state index contributed by atoms with van der Waals surface area (Å²) in [6, 6.07) is 18.1. The number of hydrogen-bond acceptors (Lipinski definition) is 6. The van der Waals surface area contributed by atoms with Crippen molar-refractivity contribution in [3.05, 3.63) is 116 Å². The molecule has 0 N–H and O–H groups in total. The van der Waals surface area contributed by atoms with Crippen LogP contribution in [0.2, 0.25) is 0 Å². The van der Waals surface area contributed by atoms with Gasteiger partial charge in [-0.15, -0.1) is 0 Å². The first kappa shape index (κ1) is 18.3. The van der Waals surface area contributed by atoms with Crippen LogP contribution in [0.25, 0.3) is 0 Å². The van der Waals surface area contributed by atoms with Gasteiger partial charge in [-0.2, -0.15) is 0 Å². The molecule has 0 saturated carbocycles. The lowest BCUT2D eigenvalue weighted by Gasteiger charge is -2.39. The van der Waals surface area contributed by atoms with E-state index in [0.717, 1.165) is 0 Å². The van der Waals surface area contributed by atoms with E-state index in [1.165, 1.54) is 30.3 Å². The SMILES string of the molecule is O=C1c2ccccc2OC(c2ccccc2)(c2cccc([N+](=O)[O-])c2)C1[N+](=O)[O-]. The van der Waals surface area contributed by atoms with Crippen LogP contribution in [0, 0.1) is 20.2 Å². The van der Waals surface area contributed by atoms with Crippen LogP contribution in [0.3, 0.4) is 0 Å². The molecule has 4 rings (SSSR count). The van der Waals surface area contributed by atoms with Crippen LogP contribution in [0.5, 0.6) is 5.75 Å². The van der Waals surface area contributed by atoms with Crippen LogP contribution < -0.4 is 4.74 Å². The molecule has 0 bridgehead atoms. The minimum absolute atomic E-state index is 0.103. The Morgan fingerprint density at radius 3 is 2.17 bits per heavy atom. The fourth-order valence-electron chi connectivity index (χ4n) is 3.70. The number of ether oxygens (including phenoxy) is 1. The van der Waals surface area contributed by atoms with Crippen molar-refractivity contribution < 1.29 is 19.4 Å². The highest BCUT2D eigenvalue weighted by atomic mass is 16.6. The normalized spacial score (nSPS) is 20.4. The first-order valence-corrected chi connectivity index (χ1v) is 8.71. The number of nitrogens with zero attached hydrogens (tertiary/aromatic N) is 2. The van der Waals surface area contributed by atoms with Crippen LogP contribution in [-0.4, -0.2) is 21.7 Å². The predicted octanol–water partition coefficient (Wildman–Crippen LogP) is 3.76. The molecule has 8 nitrogen and oxygen atoms in total. The van der Waals surface area contributed by atoms with E-state index < -0.39 is 27.3 Å². The number of carbonyl (C=O) groups excluding carboxylic acids is 1. The molecule has 1 aliphatic heterocycles. The van der Waals surface area contributed by atoms with Gasteiger partial charge in [-0.05, 0) is 12.1 Å². The third-order valence-electron chi connectivity index (χ3n) is 4.96. The monoisotopic (exact) mass is 390 g/mol. The van der Waals surface area contributed by atoms with Crippen molar-refractivity contribution in [1.29, 1.82) is 0 Å². The predicted molar refractivity (Wildman–Crippen MR) is 103 cm³/mol. The highest BCUT2D eigenvalue weighted by Crippen LogP contribution is 2.45. The summed E-state index contributed by atoms with van der Waals surface area (Å²) < 4.78 is 6.19. The van der Waals surface area contributed by atoms with Crippen molar-refractivity contribution in [3.8, 4) is 5.75 Å². The number of ketones is 1. The first-order chi connectivity index (χ1) is 13.9. The van der Waals surface area contributed by atoms with Crippen LogP contribution in [0.1, 0.15) is 21.5 Å². The summed E-state index contributed by atoms with van der Waals surface area (Å²) in [5.41, 5.74) is -1.50. The summed E-state index contributed by atoms with van der Waals surface area (Å²) >= 11 is 0. The average molecular weight is 390 g/mol. The quantitative estimate of drug-likeness (QED) is 0.495. The van der Waals surface area contributed by atoms with Gasteiger partial charge in [0.2, 0.25) is 11.4 Å². The fourth-order valence-corrected chi connectivity index (χ4v) is 3.70. The van der Waals surface area contributed by atoms with E-state index in [4.69, 9.17) is 4.74 Å². The highest BCUT2D eigenvalue weighted by Gasteiger charge is 2.60. The molecule has 8 heteroatoms. The molecule has 1 aliphatic rings. The second kappa shape index (κ2) is 6.83. The molecule has 144 valence electrons. The second-order valence-corrected chi connectivity index (χ2v) is 6.56. The zero-order valence-electron chi connectivity index (χ0n) is 14.9. The van der Waals surface area contributed by atoms with Gasteiger partial charge in [-0.1, -0.05) is 54.6 Å². The van der Waals surface area contributed by atoms with Gasteiger partial charge in [0.1, 0.15) is 5.75 Å². The van der Waals surface area contributed by atoms with E-state index in [9.17, 15) is 25.0 Å². The number of benzene rings is 3. The lowest BCUT2D eigenvalue weighted by atomic mass is 9.75. The Hall–Kier alpha value is -4.07. The molecule has 3 aromatic carbocycles. The minimum Gasteiger partial charge on any atom is -0.469 e. The molecule has 29 heavy (non-hydrogen) atoms.